The smallest absolute Gasteiger partial charge is 0.185 e. The van der Waals surface area contributed by atoms with Crippen LogP contribution in [0.1, 0.15) is 40.4 Å². The molecule has 1 aromatic rings. The highest BCUT2D eigenvalue weighted by Crippen LogP contribution is 2.46. The molecule has 2 heterocycles. The number of carbonyl (C=O) groups excluding carboxylic acids is 1. The van der Waals surface area contributed by atoms with E-state index < -0.39 is 0 Å². The van der Waals surface area contributed by atoms with E-state index in [9.17, 15) is 4.79 Å². The van der Waals surface area contributed by atoms with Crippen molar-refractivity contribution >= 4 is 6.29 Å². The molecule has 0 aromatic carbocycles. The van der Waals surface area contributed by atoms with Crippen molar-refractivity contribution in [3.8, 4) is 0 Å². The molecule has 1 unspecified atom stereocenters. The Balaban J connectivity index is 2.01. The highest BCUT2D eigenvalue weighted by atomic mass is 16.5. The largest absolute Gasteiger partial charge is 0.461 e. The fraction of sp³-hybridized carbons (Fsp3) is 0.545. The first-order valence-corrected chi connectivity index (χ1v) is 5.03. The molecule has 0 spiro atoms. The third-order valence-electron chi connectivity index (χ3n) is 3.20. The Hall–Kier alpha value is -1.09. The van der Waals surface area contributed by atoms with Gasteiger partial charge in [-0.1, -0.05) is 0 Å². The molecule has 74 valence electrons. The van der Waals surface area contributed by atoms with Crippen molar-refractivity contribution in [2.75, 3.05) is 6.61 Å². The molecule has 0 saturated heterocycles. The van der Waals surface area contributed by atoms with E-state index in [0.29, 0.717) is 18.3 Å². The predicted octanol–water partition coefficient (Wildman–Crippen LogP) is 2.12. The second kappa shape index (κ2) is 2.95. The van der Waals surface area contributed by atoms with Gasteiger partial charge in [-0.15, -0.1) is 0 Å². The van der Waals surface area contributed by atoms with Crippen LogP contribution in [0.15, 0.2) is 10.7 Å². The van der Waals surface area contributed by atoms with Gasteiger partial charge >= 0.3 is 0 Å². The fourth-order valence-electron chi connectivity index (χ4n) is 2.24. The number of hydrogen-bond acceptors (Lipinski definition) is 3. The van der Waals surface area contributed by atoms with Gasteiger partial charge < -0.3 is 9.15 Å². The summed E-state index contributed by atoms with van der Waals surface area (Å²) in [5, 5.41) is 0. The lowest BCUT2D eigenvalue weighted by molar-refractivity contribution is 0.0847. The summed E-state index contributed by atoms with van der Waals surface area (Å²) < 4.78 is 10.7. The Morgan fingerprint density at radius 2 is 2.29 bits per heavy atom. The van der Waals surface area contributed by atoms with Gasteiger partial charge in [0.2, 0.25) is 0 Å². The molecule has 1 fully saturated rings. The van der Waals surface area contributed by atoms with E-state index in [1.54, 1.807) is 6.26 Å². The van der Waals surface area contributed by atoms with E-state index in [4.69, 9.17) is 9.15 Å². The van der Waals surface area contributed by atoms with E-state index in [0.717, 1.165) is 24.4 Å². The van der Waals surface area contributed by atoms with Gasteiger partial charge in [0.25, 0.3) is 0 Å². The van der Waals surface area contributed by atoms with Gasteiger partial charge in [0.05, 0.1) is 19.5 Å². The molecule has 3 rings (SSSR count). The van der Waals surface area contributed by atoms with Gasteiger partial charge in [0.15, 0.2) is 12.0 Å². The van der Waals surface area contributed by atoms with E-state index >= 15 is 0 Å². The summed E-state index contributed by atoms with van der Waals surface area (Å²) in [4.78, 5) is 10.7. The molecule has 1 atom stereocenters. The Morgan fingerprint density at radius 3 is 3.00 bits per heavy atom. The number of ether oxygens (including phenoxy) is 1. The van der Waals surface area contributed by atoms with E-state index in [-0.39, 0.29) is 0 Å². The molecule has 1 aliphatic carbocycles. The second-order valence-electron chi connectivity index (χ2n) is 4.11. The summed E-state index contributed by atoms with van der Waals surface area (Å²) in [6.45, 7) is 1.32. The maximum Gasteiger partial charge on any atom is 0.185 e. The molecule has 1 aromatic heterocycles. The number of hydrogen-bond donors (Lipinski definition) is 0. The number of aldehydes is 1. The average Bonchev–Trinajstić information content (AvgIpc) is 2.97. The van der Waals surface area contributed by atoms with E-state index in [1.165, 1.54) is 18.4 Å². The lowest BCUT2D eigenvalue weighted by atomic mass is 9.92. The maximum absolute atomic E-state index is 10.7. The van der Waals surface area contributed by atoms with Crippen LogP contribution in [0.25, 0.3) is 0 Å². The van der Waals surface area contributed by atoms with Gasteiger partial charge in [0, 0.05) is 17.0 Å². The van der Waals surface area contributed by atoms with Crippen LogP contribution in [0.5, 0.6) is 0 Å². The average molecular weight is 192 g/mol. The van der Waals surface area contributed by atoms with Crippen molar-refractivity contribution in [1.82, 2.24) is 0 Å². The number of carbonyl (C=O) groups is 1. The molecular formula is C11H12O3. The van der Waals surface area contributed by atoms with Crippen molar-refractivity contribution in [2.45, 2.75) is 25.4 Å². The van der Waals surface area contributed by atoms with Gasteiger partial charge in [-0.2, -0.15) is 0 Å². The molecule has 3 nitrogen and oxygen atoms in total. The minimum Gasteiger partial charge on any atom is -0.461 e. The molecule has 0 bridgehead atoms. The standard InChI is InChI=1S/C11H12O3/c12-3-11-10-5-13-4-8(7-1-2-7)9(10)6-14-11/h3,6-8H,1-2,4-5H2. The van der Waals surface area contributed by atoms with E-state index in [1.807, 2.05) is 0 Å². The summed E-state index contributed by atoms with van der Waals surface area (Å²) in [7, 11) is 0. The van der Waals surface area contributed by atoms with E-state index in [2.05, 4.69) is 0 Å². The third kappa shape index (κ3) is 1.12. The number of furan rings is 1. The highest BCUT2D eigenvalue weighted by Gasteiger charge is 2.37. The second-order valence-corrected chi connectivity index (χ2v) is 4.11. The van der Waals surface area contributed by atoms with Crippen LogP contribution in [0.2, 0.25) is 0 Å². The molecule has 14 heavy (non-hydrogen) atoms. The van der Waals surface area contributed by atoms with Gasteiger partial charge in [-0.3, -0.25) is 4.79 Å². The molecule has 1 aliphatic heterocycles. The topological polar surface area (TPSA) is 39.4 Å². The zero-order valence-corrected chi connectivity index (χ0v) is 7.86. The molecule has 0 radical (unpaired) electrons. The van der Waals surface area contributed by atoms with Crippen LogP contribution in [0, 0.1) is 5.92 Å². The summed E-state index contributed by atoms with van der Waals surface area (Å²) in [6.07, 6.45) is 5.09. The van der Waals surface area contributed by atoms with Gasteiger partial charge in [-0.05, 0) is 18.8 Å². The summed E-state index contributed by atoms with van der Waals surface area (Å²) in [6, 6.07) is 0. The van der Waals surface area contributed by atoms with Crippen molar-refractivity contribution in [3.63, 3.8) is 0 Å². The maximum atomic E-state index is 10.7. The molecule has 1 saturated carbocycles. The predicted molar refractivity (Wildman–Crippen MR) is 49.2 cm³/mol. The first-order valence-electron chi connectivity index (χ1n) is 5.03. The van der Waals surface area contributed by atoms with Crippen molar-refractivity contribution in [2.24, 2.45) is 5.92 Å². The normalized spacial score (nSPS) is 25.9. The first-order chi connectivity index (χ1) is 6.90. The van der Waals surface area contributed by atoms with Gasteiger partial charge in [0.1, 0.15) is 0 Å². The quantitative estimate of drug-likeness (QED) is 0.674. The monoisotopic (exact) mass is 192 g/mol. The molecular weight excluding hydrogens is 180 g/mol. The van der Waals surface area contributed by atoms with Crippen LogP contribution < -0.4 is 0 Å². The zero-order valence-electron chi connectivity index (χ0n) is 7.86. The van der Waals surface area contributed by atoms with Gasteiger partial charge in [-0.25, -0.2) is 0 Å². The van der Waals surface area contributed by atoms with Crippen molar-refractivity contribution in [1.29, 1.82) is 0 Å². The molecule has 0 amide bonds. The fourth-order valence-corrected chi connectivity index (χ4v) is 2.24. The first kappa shape index (κ1) is 8.24. The third-order valence-corrected chi connectivity index (χ3v) is 3.20. The van der Waals surface area contributed by atoms with Crippen LogP contribution in [0.4, 0.5) is 0 Å². The van der Waals surface area contributed by atoms with Crippen LogP contribution in [-0.4, -0.2) is 12.9 Å². The summed E-state index contributed by atoms with van der Waals surface area (Å²) >= 11 is 0. The molecule has 3 heteroatoms. The Bertz CT molecular complexity index is 363. The highest BCUT2D eigenvalue weighted by molar-refractivity contribution is 5.74. The molecule has 0 N–H and O–H groups in total. The number of rotatable bonds is 2. The van der Waals surface area contributed by atoms with Crippen LogP contribution in [0.3, 0.4) is 0 Å². The number of fused-ring (bicyclic) bond motifs is 1. The Morgan fingerprint density at radius 1 is 1.43 bits per heavy atom. The van der Waals surface area contributed by atoms with Crippen LogP contribution >= 0.6 is 0 Å². The Labute approximate surface area is 82.0 Å². The lowest BCUT2D eigenvalue weighted by Gasteiger charge is -2.21. The SMILES string of the molecule is O=Cc1occ2c1COCC2C1CC1. The minimum absolute atomic E-state index is 0.449. The van der Waals surface area contributed by atoms with Crippen LogP contribution in [-0.2, 0) is 11.3 Å². The Kier molecular flexibility index (Phi) is 1.74. The summed E-state index contributed by atoms with van der Waals surface area (Å²) in [5.41, 5.74) is 2.18. The van der Waals surface area contributed by atoms with Crippen molar-refractivity contribution in [3.05, 3.63) is 23.2 Å². The summed E-state index contributed by atoms with van der Waals surface area (Å²) in [5.74, 6) is 1.67. The molecule has 2 aliphatic rings. The zero-order chi connectivity index (χ0) is 9.54. The minimum atomic E-state index is 0.449. The lowest BCUT2D eigenvalue weighted by Crippen LogP contribution is -2.17. The van der Waals surface area contributed by atoms with Crippen molar-refractivity contribution < 1.29 is 13.9 Å².